The van der Waals surface area contributed by atoms with Gasteiger partial charge in [-0.1, -0.05) is 37.6 Å². The summed E-state index contributed by atoms with van der Waals surface area (Å²) in [5, 5.41) is 11.9. The molecule has 0 bridgehead atoms. The first-order chi connectivity index (χ1) is 16.3. The molecule has 0 radical (unpaired) electrons. The maximum Gasteiger partial charge on any atom is 0.295 e. The number of hydrogen-bond donors (Lipinski definition) is 1. The average Bonchev–Trinajstić information content (AvgIpc) is 3.45. The zero-order valence-corrected chi connectivity index (χ0v) is 20.0. The average molecular weight is 480 g/mol. The molecule has 34 heavy (non-hydrogen) atoms. The van der Waals surface area contributed by atoms with Crippen molar-refractivity contribution in [2.24, 2.45) is 0 Å². The van der Waals surface area contributed by atoms with Gasteiger partial charge in [-0.2, -0.15) is 0 Å². The third-order valence-electron chi connectivity index (χ3n) is 6.03. The standard InChI is InChI=1S/C27H26ClNO5/c1-16(2)20-15-18(8-11-21(20)33-3)25(30)23-24(22-5-4-14-34-22)29(27(32)26(23)31)13-12-17-6-9-19(28)10-7-17/h4-11,14-16,24,30H,12-13H2,1-3H3/b25-23-. The summed E-state index contributed by atoms with van der Waals surface area (Å²) < 4.78 is 11.0. The van der Waals surface area contributed by atoms with E-state index < -0.39 is 17.7 Å². The van der Waals surface area contributed by atoms with Crippen molar-refractivity contribution in [2.75, 3.05) is 13.7 Å². The van der Waals surface area contributed by atoms with Gasteiger partial charge in [0.15, 0.2) is 0 Å². The van der Waals surface area contributed by atoms with Crippen LogP contribution in [-0.4, -0.2) is 35.4 Å². The Morgan fingerprint density at radius 1 is 1.15 bits per heavy atom. The van der Waals surface area contributed by atoms with Gasteiger partial charge < -0.3 is 19.2 Å². The second kappa shape index (κ2) is 9.77. The summed E-state index contributed by atoms with van der Waals surface area (Å²) in [5.74, 6) is -0.415. The molecule has 2 aromatic carbocycles. The molecule has 2 heterocycles. The van der Waals surface area contributed by atoms with E-state index in [2.05, 4.69) is 0 Å². The number of halogens is 1. The van der Waals surface area contributed by atoms with E-state index >= 15 is 0 Å². The predicted molar refractivity (Wildman–Crippen MR) is 130 cm³/mol. The summed E-state index contributed by atoms with van der Waals surface area (Å²) in [6, 6.07) is 15.1. The van der Waals surface area contributed by atoms with E-state index in [0.29, 0.717) is 28.5 Å². The van der Waals surface area contributed by atoms with Crippen LogP contribution in [0.1, 0.15) is 48.3 Å². The Morgan fingerprint density at radius 3 is 2.50 bits per heavy atom. The molecule has 1 aliphatic heterocycles. The number of ketones is 1. The Hall–Kier alpha value is -3.51. The highest BCUT2D eigenvalue weighted by atomic mass is 35.5. The van der Waals surface area contributed by atoms with Crippen molar-refractivity contribution in [3.05, 3.63) is 93.9 Å². The van der Waals surface area contributed by atoms with Crippen LogP contribution in [0.4, 0.5) is 0 Å². The van der Waals surface area contributed by atoms with E-state index in [1.165, 1.54) is 11.2 Å². The molecule has 1 amide bonds. The van der Waals surface area contributed by atoms with Gasteiger partial charge in [0.05, 0.1) is 18.9 Å². The number of carbonyl (C=O) groups is 2. The maximum atomic E-state index is 13.1. The number of benzene rings is 2. The number of methoxy groups -OCH3 is 1. The number of carbonyl (C=O) groups excluding carboxylic acids is 2. The van der Waals surface area contributed by atoms with Crippen LogP contribution in [0.3, 0.4) is 0 Å². The van der Waals surface area contributed by atoms with Crippen LogP contribution in [0.15, 0.2) is 70.9 Å². The number of amides is 1. The highest BCUT2D eigenvalue weighted by Gasteiger charge is 2.47. The van der Waals surface area contributed by atoms with Crippen molar-refractivity contribution >= 4 is 29.1 Å². The summed E-state index contributed by atoms with van der Waals surface area (Å²) in [5.41, 5.74) is 2.31. The molecule has 1 fully saturated rings. The van der Waals surface area contributed by atoms with Gasteiger partial charge in [-0.05, 0) is 65.9 Å². The minimum Gasteiger partial charge on any atom is -0.507 e. The Balaban J connectivity index is 1.75. The van der Waals surface area contributed by atoms with Crippen molar-refractivity contribution < 1.29 is 23.8 Å². The van der Waals surface area contributed by atoms with Crippen LogP contribution < -0.4 is 4.74 Å². The fraction of sp³-hybridized carbons (Fsp3) is 0.259. The zero-order valence-electron chi connectivity index (χ0n) is 19.2. The Bertz CT molecular complexity index is 1230. The number of Topliss-reactive ketones (excluding diaryl/α,β-unsaturated/α-hetero) is 1. The van der Waals surface area contributed by atoms with Crippen molar-refractivity contribution in [3.8, 4) is 5.75 Å². The first-order valence-electron chi connectivity index (χ1n) is 11.1. The number of aliphatic hydroxyl groups excluding tert-OH is 1. The second-order valence-electron chi connectivity index (χ2n) is 8.50. The van der Waals surface area contributed by atoms with Crippen LogP contribution in [0.25, 0.3) is 5.76 Å². The molecule has 6 nitrogen and oxygen atoms in total. The minimum absolute atomic E-state index is 0.0101. The van der Waals surface area contributed by atoms with Crippen molar-refractivity contribution in [1.82, 2.24) is 4.90 Å². The highest BCUT2D eigenvalue weighted by molar-refractivity contribution is 6.46. The molecule has 0 aliphatic carbocycles. The summed E-state index contributed by atoms with van der Waals surface area (Å²) in [4.78, 5) is 27.7. The molecular formula is C27H26ClNO5. The van der Waals surface area contributed by atoms with Gasteiger partial charge in [-0.25, -0.2) is 0 Å². The molecule has 1 aromatic heterocycles. The van der Waals surface area contributed by atoms with Crippen LogP contribution in [0.5, 0.6) is 5.75 Å². The van der Waals surface area contributed by atoms with Gasteiger partial charge in [0.1, 0.15) is 23.3 Å². The van der Waals surface area contributed by atoms with Crippen LogP contribution in [0.2, 0.25) is 5.02 Å². The third-order valence-corrected chi connectivity index (χ3v) is 6.28. The third kappa shape index (κ3) is 4.46. The fourth-order valence-corrected chi connectivity index (χ4v) is 4.37. The largest absolute Gasteiger partial charge is 0.507 e. The van der Waals surface area contributed by atoms with E-state index in [0.717, 1.165) is 11.1 Å². The summed E-state index contributed by atoms with van der Waals surface area (Å²) in [6.45, 7) is 4.30. The van der Waals surface area contributed by atoms with E-state index in [-0.39, 0.29) is 23.8 Å². The number of aliphatic hydroxyl groups is 1. The first-order valence-corrected chi connectivity index (χ1v) is 11.4. The molecule has 1 unspecified atom stereocenters. The topological polar surface area (TPSA) is 80.0 Å². The quantitative estimate of drug-likeness (QED) is 0.266. The smallest absolute Gasteiger partial charge is 0.295 e. The predicted octanol–water partition coefficient (Wildman–Crippen LogP) is 5.73. The van der Waals surface area contributed by atoms with E-state index in [1.54, 1.807) is 49.6 Å². The molecule has 1 N–H and O–H groups in total. The molecule has 7 heteroatoms. The lowest BCUT2D eigenvalue weighted by atomic mass is 9.95. The second-order valence-corrected chi connectivity index (χ2v) is 8.93. The van der Waals surface area contributed by atoms with Crippen LogP contribution >= 0.6 is 11.6 Å². The molecule has 4 rings (SSSR count). The van der Waals surface area contributed by atoms with E-state index in [1.807, 2.05) is 26.0 Å². The lowest BCUT2D eigenvalue weighted by molar-refractivity contribution is -0.140. The summed E-state index contributed by atoms with van der Waals surface area (Å²) in [7, 11) is 1.59. The normalized spacial score (nSPS) is 17.6. The molecule has 1 saturated heterocycles. The van der Waals surface area contributed by atoms with Gasteiger partial charge in [0.2, 0.25) is 0 Å². The SMILES string of the molecule is COc1ccc(/C(O)=C2/C(=O)C(=O)N(CCc3ccc(Cl)cc3)C2c2ccco2)cc1C(C)C. The van der Waals surface area contributed by atoms with Crippen molar-refractivity contribution in [3.63, 3.8) is 0 Å². The lowest BCUT2D eigenvalue weighted by Gasteiger charge is -2.23. The number of furan rings is 1. The Labute approximate surface area is 203 Å². The van der Waals surface area contributed by atoms with E-state index in [4.69, 9.17) is 20.8 Å². The molecule has 1 aliphatic rings. The van der Waals surface area contributed by atoms with Gasteiger partial charge in [0.25, 0.3) is 11.7 Å². The van der Waals surface area contributed by atoms with Gasteiger partial charge in [-0.3, -0.25) is 9.59 Å². The Morgan fingerprint density at radius 2 is 1.88 bits per heavy atom. The number of nitrogens with zero attached hydrogens (tertiary/aromatic N) is 1. The van der Waals surface area contributed by atoms with Crippen molar-refractivity contribution in [1.29, 1.82) is 0 Å². The summed E-state index contributed by atoms with van der Waals surface area (Å²) >= 11 is 5.97. The molecular weight excluding hydrogens is 454 g/mol. The number of rotatable bonds is 7. The minimum atomic E-state index is -0.827. The maximum absolute atomic E-state index is 13.1. The Kier molecular flexibility index (Phi) is 6.80. The number of ether oxygens (including phenoxy) is 1. The highest BCUT2D eigenvalue weighted by Crippen LogP contribution is 2.40. The molecule has 176 valence electrons. The van der Waals surface area contributed by atoms with Crippen molar-refractivity contribution in [2.45, 2.75) is 32.2 Å². The van der Waals surface area contributed by atoms with Gasteiger partial charge in [0, 0.05) is 17.1 Å². The monoisotopic (exact) mass is 479 g/mol. The first kappa shape index (κ1) is 23.6. The zero-order chi connectivity index (χ0) is 24.4. The van der Waals surface area contributed by atoms with Crippen LogP contribution in [0, 0.1) is 0 Å². The van der Waals surface area contributed by atoms with E-state index in [9.17, 15) is 14.7 Å². The number of likely N-dealkylation sites (tertiary alicyclic amines) is 1. The molecule has 0 saturated carbocycles. The lowest BCUT2D eigenvalue weighted by Crippen LogP contribution is -2.31. The summed E-state index contributed by atoms with van der Waals surface area (Å²) in [6.07, 6.45) is 2.00. The molecule has 3 aromatic rings. The van der Waals surface area contributed by atoms with Crippen LogP contribution in [-0.2, 0) is 16.0 Å². The van der Waals surface area contributed by atoms with Gasteiger partial charge in [-0.15, -0.1) is 0 Å². The number of hydrogen-bond acceptors (Lipinski definition) is 5. The van der Waals surface area contributed by atoms with Gasteiger partial charge >= 0.3 is 0 Å². The molecule has 1 atom stereocenters. The molecule has 0 spiro atoms. The fourth-order valence-electron chi connectivity index (χ4n) is 4.24.